The molecule has 0 N–H and O–H groups in total. The predicted molar refractivity (Wildman–Crippen MR) is 91.5 cm³/mol. The van der Waals surface area contributed by atoms with Gasteiger partial charge in [0.2, 0.25) is 0 Å². The molecule has 26 heavy (non-hydrogen) atoms. The van der Waals surface area contributed by atoms with E-state index < -0.39 is 24.2 Å². The average molecular weight is 362 g/mol. The summed E-state index contributed by atoms with van der Waals surface area (Å²) in [7, 11) is 4.34. The van der Waals surface area contributed by atoms with Crippen LogP contribution in [0.2, 0.25) is 0 Å². The van der Waals surface area contributed by atoms with Crippen LogP contribution in [0.15, 0.2) is 36.4 Å². The first-order valence-electron chi connectivity index (χ1n) is 7.71. The molecule has 0 saturated carbocycles. The zero-order valence-electron chi connectivity index (χ0n) is 14.7. The molecule has 7 heteroatoms. The number of halogens is 1. The van der Waals surface area contributed by atoms with Gasteiger partial charge in [-0.2, -0.15) is 0 Å². The second kappa shape index (κ2) is 8.84. The molecule has 0 aromatic heterocycles. The Balaban J connectivity index is 1.94. The van der Waals surface area contributed by atoms with Crippen molar-refractivity contribution in [2.75, 3.05) is 27.9 Å². The number of rotatable bonds is 8. The molecule has 138 valence electrons. The normalized spacial score (nSPS) is 10.2. The van der Waals surface area contributed by atoms with Crippen LogP contribution < -0.4 is 14.2 Å². The van der Waals surface area contributed by atoms with Crippen LogP contribution in [0.5, 0.6) is 17.2 Å². The van der Waals surface area contributed by atoms with Gasteiger partial charge in [-0.15, -0.1) is 0 Å². The lowest BCUT2D eigenvalue weighted by Gasteiger charge is -2.09. The third-order valence-corrected chi connectivity index (χ3v) is 3.63. The standard InChI is InChI=1S/C19H19FO6/c1-23-16-7-5-13(10-14(16)20)15(21)11-26-19(22)9-12-4-6-17(24-2)18(8-12)25-3/h4-8,10H,9,11H2,1-3H3. The number of ketones is 1. The van der Waals surface area contributed by atoms with Crippen molar-refractivity contribution in [1.82, 2.24) is 0 Å². The van der Waals surface area contributed by atoms with Crippen LogP contribution in [-0.2, 0) is 16.0 Å². The Labute approximate surface area is 150 Å². The molecule has 0 saturated heterocycles. The number of ether oxygens (including phenoxy) is 4. The van der Waals surface area contributed by atoms with Crippen LogP contribution in [0.3, 0.4) is 0 Å². The Morgan fingerprint density at radius 2 is 1.54 bits per heavy atom. The molecule has 0 spiro atoms. The van der Waals surface area contributed by atoms with Crippen LogP contribution in [-0.4, -0.2) is 39.7 Å². The number of benzene rings is 2. The predicted octanol–water partition coefficient (Wildman–Crippen LogP) is 2.82. The van der Waals surface area contributed by atoms with Gasteiger partial charge in [0.25, 0.3) is 0 Å². The Morgan fingerprint density at radius 3 is 2.15 bits per heavy atom. The minimum absolute atomic E-state index is 0.0343. The lowest BCUT2D eigenvalue weighted by atomic mass is 10.1. The van der Waals surface area contributed by atoms with Crippen molar-refractivity contribution in [1.29, 1.82) is 0 Å². The van der Waals surface area contributed by atoms with E-state index in [-0.39, 0.29) is 17.7 Å². The van der Waals surface area contributed by atoms with Gasteiger partial charge in [-0.25, -0.2) is 4.39 Å². The third kappa shape index (κ3) is 4.72. The minimum atomic E-state index is -0.657. The topological polar surface area (TPSA) is 71.1 Å². The van der Waals surface area contributed by atoms with Crippen molar-refractivity contribution in [2.24, 2.45) is 0 Å². The Bertz CT molecular complexity index is 803. The number of methoxy groups -OCH3 is 3. The molecule has 0 amide bonds. The minimum Gasteiger partial charge on any atom is -0.494 e. The number of Topliss-reactive ketones (excluding diaryl/α,β-unsaturated/α-hetero) is 1. The average Bonchev–Trinajstić information content (AvgIpc) is 2.65. The molecule has 0 atom stereocenters. The monoisotopic (exact) mass is 362 g/mol. The zero-order valence-corrected chi connectivity index (χ0v) is 14.7. The smallest absolute Gasteiger partial charge is 0.310 e. The molecule has 0 heterocycles. The van der Waals surface area contributed by atoms with E-state index in [0.717, 1.165) is 6.07 Å². The van der Waals surface area contributed by atoms with Gasteiger partial charge in [0.05, 0.1) is 27.8 Å². The molecule has 0 fully saturated rings. The highest BCUT2D eigenvalue weighted by Crippen LogP contribution is 2.27. The maximum absolute atomic E-state index is 13.6. The maximum Gasteiger partial charge on any atom is 0.310 e. The maximum atomic E-state index is 13.6. The van der Waals surface area contributed by atoms with Gasteiger partial charge in [-0.1, -0.05) is 6.07 Å². The fourth-order valence-electron chi connectivity index (χ4n) is 2.28. The molecule has 2 aromatic rings. The van der Waals surface area contributed by atoms with Crippen molar-refractivity contribution in [2.45, 2.75) is 6.42 Å². The van der Waals surface area contributed by atoms with Gasteiger partial charge < -0.3 is 18.9 Å². The van der Waals surface area contributed by atoms with E-state index in [1.165, 1.54) is 33.5 Å². The quantitative estimate of drug-likeness (QED) is 0.531. The van der Waals surface area contributed by atoms with Crippen LogP contribution in [0.25, 0.3) is 0 Å². The first-order valence-corrected chi connectivity index (χ1v) is 7.71. The van der Waals surface area contributed by atoms with E-state index in [9.17, 15) is 14.0 Å². The van der Waals surface area contributed by atoms with E-state index in [1.807, 2.05) is 0 Å². The number of carbonyl (C=O) groups excluding carboxylic acids is 2. The summed E-state index contributed by atoms with van der Waals surface area (Å²) in [5.41, 5.74) is 0.748. The van der Waals surface area contributed by atoms with Crippen molar-refractivity contribution < 1.29 is 32.9 Å². The number of hydrogen-bond donors (Lipinski definition) is 0. The van der Waals surface area contributed by atoms with Crippen molar-refractivity contribution >= 4 is 11.8 Å². The van der Waals surface area contributed by atoms with Crippen LogP contribution >= 0.6 is 0 Å². The van der Waals surface area contributed by atoms with Crippen molar-refractivity contribution in [3.63, 3.8) is 0 Å². The van der Waals surface area contributed by atoms with Crippen LogP contribution in [0.4, 0.5) is 4.39 Å². The molecule has 0 aliphatic heterocycles. The Morgan fingerprint density at radius 1 is 0.885 bits per heavy atom. The molecule has 0 unspecified atom stereocenters. The second-order valence-electron chi connectivity index (χ2n) is 5.30. The van der Waals surface area contributed by atoms with Gasteiger partial charge in [-0.3, -0.25) is 9.59 Å². The largest absolute Gasteiger partial charge is 0.494 e. The van der Waals surface area contributed by atoms with Gasteiger partial charge in [0.15, 0.2) is 35.5 Å². The first-order chi connectivity index (χ1) is 12.5. The summed E-state index contributed by atoms with van der Waals surface area (Å²) in [5, 5.41) is 0. The van der Waals surface area contributed by atoms with E-state index in [1.54, 1.807) is 18.2 Å². The van der Waals surface area contributed by atoms with Gasteiger partial charge in [-0.05, 0) is 35.9 Å². The highest BCUT2D eigenvalue weighted by Gasteiger charge is 2.14. The van der Waals surface area contributed by atoms with E-state index in [4.69, 9.17) is 18.9 Å². The highest BCUT2D eigenvalue weighted by molar-refractivity contribution is 5.98. The van der Waals surface area contributed by atoms with Gasteiger partial charge in [0.1, 0.15) is 0 Å². The lowest BCUT2D eigenvalue weighted by molar-refractivity contribution is -0.141. The molecule has 0 bridgehead atoms. The number of carbonyl (C=O) groups is 2. The molecule has 6 nitrogen and oxygen atoms in total. The molecule has 2 rings (SSSR count). The Kier molecular flexibility index (Phi) is 6.54. The summed E-state index contributed by atoms with van der Waals surface area (Å²) in [4.78, 5) is 23.9. The summed E-state index contributed by atoms with van der Waals surface area (Å²) >= 11 is 0. The number of esters is 1. The second-order valence-corrected chi connectivity index (χ2v) is 5.30. The Hall–Kier alpha value is -3.09. The van der Waals surface area contributed by atoms with Gasteiger partial charge >= 0.3 is 5.97 Å². The molecular formula is C19H19FO6. The molecule has 0 aliphatic carbocycles. The molecule has 0 aliphatic rings. The fraction of sp³-hybridized carbons (Fsp3) is 0.263. The highest BCUT2D eigenvalue weighted by atomic mass is 19.1. The number of hydrogen-bond acceptors (Lipinski definition) is 6. The van der Waals surface area contributed by atoms with Gasteiger partial charge in [0, 0.05) is 5.56 Å². The fourth-order valence-corrected chi connectivity index (χ4v) is 2.28. The lowest BCUT2D eigenvalue weighted by Crippen LogP contribution is -2.16. The SMILES string of the molecule is COc1ccc(C(=O)COC(=O)Cc2ccc(OC)c(OC)c2)cc1F. The van der Waals surface area contributed by atoms with Crippen molar-refractivity contribution in [3.05, 3.63) is 53.3 Å². The van der Waals surface area contributed by atoms with Crippen LogP contribution in [0, 0.1) is 5.82 Å². The summed E-state index contributed by atoms with van der Waals surface area (Å²) < 4.78 is 33.7. The summed E-state index contributed by atoms with van der Waals surface area (Å²) in [6.07, 6.45) is -0.0371. The van der Waals surface area contributed by atoms with E-state index in [0.29, 0.717) is 17.1 Å². The summed E-state index contributed by atoms with van der Waals surface area (Å²) in [6, 6.07) is 8.82. The summed E-state index contributed by atoms with van der Waals surface area (Å²) in [5.74, 6) is -0.683. The van der Waals surface area contributed by atoms with Crippen molar-refractivity contribution in [3.8, 4) is 17.2 Å². The zero-order chi connectivity index (χ0) is 19.1. The molecule has 0 radical (unpaired) electrons. The van der Waals surface area contributed by atoms with E-state index in [2.05, 4.69) is 0 Å². The first kappa shape index (κ1) is 19.2. The summed E-state index contributed by atoms with van der Waals surface area (Å²) in [6.45, 7) is -0.474. The molecule has 2 aromatic carbocycles. The van der Waals surface area contributed by atoms with Crippen LogP contribution in [0.1, 0.15) is 15.9 Å². The molecular weight excluding hydrogens is 343 g/mol. The third-order valence-electron chi connectivity index (χ3n) is 3.63. The van der Waals surface area contributed by atoms with E-state index >= 15 is 0 Å².